The van der Waals surface area contributed by atoms with Crippen molar-refractivity contribution in [2.45, 2.75) is 20.8 Å². The molecule has 0 aliphatic heterocycles. The topological polar surface area (TPSA) is 0 Å². The van der Waals surface area contributed by atoms with Gasteiger partial charge in [0.25, 0.3) is 0 Å². The number of allylic oxidation sites excluding steroid dienone is 7. The molecule has 0 rings (SSSR count). The number of halogens is 1. The summed E-state index contributed by atoms with van der Waals surface area (Å²) >= 11 is 0. The van der Waals surface area contributed by atoms with Crippen molar-refractivity contribution in [3.05, 3.63) is 47.9 Å². The van der Waals surface area contributed by atoms with Gasteiger partial charge in [0.1, 0.15) is 5.83 Å². The summed E-state index contributed by atoms with van der Waals surface area (Å²) in [5.74, 6) is -0.203. The maximum Gasteiger partial charge on any atom is 0.132 e. The summed E-state index contributed by atoms with van der Waals surface area (Å²) in [7, 11) is 0. The van der Waals surface area contributed by atoms with Crippen LogP contribution in [0.15, 0.2) is 47.9 Å². The Kier molecular flexibility index (Phi) is 5.02. The lowest BCUT2D eigenvalue weighted by Crippen LogP contribution is -1.82. The molecule has 0 aliphatic carbocycles. The van der Waals surface area contributed by atoms with Crippen molar-refractivity contribution in [3.8, 4) is 0 Å². The second-order valence-electron chi connectivity index (χ2n) is 2.45. The lowest BCUT2D eigenvalue weighted by molar-refractivity contribution is 0.648. The average molecular weight is 166 g/mol. The monoisotopic (exact) mass is 166 g/mol. The standard InChI is InChI=1S/C11H15F/c1-5-8-9(4)11(12)10(6-2)7-3/h5-8H,2H2,1,3-4H3/b8-5-,10-7-,11-9+. The molecule has 0 aliphatic rings. The lowest BCUT2D eigenvalue weighted by Gasteiger charge is -1.99. The first-order chi connectivity index (χ1) is 5.67. The quantitative estimate of drug-likeness (QED) is 0.557. The molecular formula is C11H15F. The van der Waals surface area contributed by atoms with Gasteiger partial charge in [-0.3, -0.25) is 0 Å². The Labute approximate surface area is 73.8 Å². The van der Waals surface area contributed by atoms with E-state index in [0.29, 0.717) is 11.1 Å². The van der Waals surface area contributed by atoms with Gasteiger partial charge in [0.15, 0.2) is 0 Å². The van der Waals surface area contributed by atoms with Gasteiger partial charge >= 0.3 is 0 Å². The van der Waals surface area contributed by atoms with Gasteiger partial charge in [0.2, 0.25) is 0 Å². The molecule has 0 aromatic heterocycles. The fraction of sp³-hybridized carbons (Fsp3) is 0.273. The van der Waals surface area contributed by atoms with Crippen LogP contribution in [0, 0.1) is 0 Å². The van der Waals surface area contributed by atoms with Gasteiger partial charge in [-0.15, -0.1) is 0 Å². The van der Waals surface area contributed by atoms with E-state index >= 15 is 0 Å². The van der Waals surface area contributed by atoms with Crippen molar-refractivity contribution >= 4 is 0 Å². The zero-order valence-corrected chi connectivity index (χ0v) is 7.89. The third-order valence-corrected chi connectivity index (χ3v) is 1.55. The van der Waals surface area contributed by atoms with Gasteiger partial charge in [-0.2, -0.15) is 0 Å². The summed E-state index contributed by atoms with van der Waals surface area (Å²) in [4.78, 5) is 0. The van der Waals surface area contributed by atoms with Crippen molar-refractivity contribution in [2.75, 3.05) is 0 Å². The Bertz CT molecular complexity index is 242. The van der Waals surface area contributed by atoms with Gasteiger partial charge in [-0.1, -0.05) is 30.9 Å². The van der Waals surface area contributed by atoms with Gasteiger partial charge in [0.05, 0.1) is 0 Å². The molecule has 0 amide bonds. The molecule has 0 nitrogen and oxygen atoms in total. The molecule has 0 saturated carbocycles. The Hall–Kier alpha value is -1.11. The molecule has 0 aromatic rings. The normalized spacial score (nSPS) is 14.8. The van der Waals surface area contributed by atoms with Gasteiger partial charge in [-0.25, -0.2) is 4.39 Å². The second kappa shape index (κ2) is 5.53. The van der Waals surface area contributed by atoms with Crippen molar-refractivity contribution in [1.29, 1.82) is 0 Å². The van der Waals surface area contributed by atoms with Crippen LogP contribution in [0.25, 0.3) is 0 Å². The van der Waals surface area contributed by atoms with E-state index in [0.717, 1.165) is 0 Å². The summed E-state index contributed by atoms with van der Waals surface area (Å²) in [5, 5.41) is 0. The molecule has 66 valence electrons. The highest BCUT2D eigenvalue weighted by Gasteiger charge is 2.00. The number of hydrogen-bond acceptors (Lipinski definition) is 0. The first kappa shape index (κ1) is 10.9. The Morgan fingerprint density at radius 1 is 1.33 bits per heavy atom. The minimum atomic E-state index is -0.203. The highest BCUT2D eigenvalue weighted by molar-refractivity contribution is 5.39. The van der Waals surface area contributed by atoms with E-state index in [1.165, 1.54) is 6.08 Å². The van der Waals surface area contributed by atoms with Crippen LogP contribution in [0.5, 0.6) is 0 Å². The fourth-order valence-corrected chi connectivity index (χ4v) is 0.885. The van der Waals surface area contributed by atoms with Gasteiger partial charge < -0.3 is 0 Å². The number of rotatable bonds is 3. The summed E-state index contributed by atoms with van der Waals surface area (Å²) < 4.78 is 13.3. The lowest BCUT2D eigenvalue weighted by atomic mass is 10.1. The van der Waals surface area contributed by atoms with E-state index in [1.54, 1.807) is 26.0 Å². The van der Waals surface area contributed by atoms with E-state index in [-0.39, 0.29) is 5.83 Å². The molecule has 1 heteroatoms. The number of hydrogen-bond donors (Lipinski definition) is 0. The van der Waals surface area contributed by atoms with E-state index in [1.807, 2.05) is 13.0 Å². The molecule has 0 saturated heterocycles. The predicted molar refractivity (Wildman–Crippen MR) is 52.6 cm³/mol. The highest BCUT2D eigenvalue weighted by atomic mass is 19.1. The van der Waals surface area contributed by atoms with Crippen LogP contribution >= 0.6 is 0 Å². The zero-order chi connectivity index (χ0) is 9.56. The van der Waals surface area contributed by atoms with Gasteiger partial charge in [0, 0.05) is 5.57 Å². The van der Waals surface area contributed by atoms with Crippen LogP contribution in [0.4, 0.5) is 4.39 Å². The summed E-state index contributed by atoms with van der Waals surface area (Å²) in [6.45, 7) is 8.92. The molecule has 0 heterocycles. The predicted octanol–water partition coefficient (Wildman–Crippen LogP) is 3.94. The van der Waals surface area contributed by atoms with E-state index < -0.39 is 0 Å². The molecule has 0 spiro atoms. The summed E-state index contributed by atoms with van der Waals surface area (Å²) in [6.07, 6.45) is 6.77. The first-order valence-corrected chi connectivity index (χ1v) is 3.95. The molecule has 0 atom stereocenters. The smallest absolute Gasteiger partial charge is 0.132 e. The maximum atomic E-state index is 13.3. The molecule has 0 radical (unpaired) electrons. The van der Waals surface area contributed by atoms with Crippen LogP contribution in [0.1, 0.15) is 20.8 Å². The van der Waals surface area contributed by atoms with Crippen LogP contribution in [-0.4, -0.2) is 0 Å². The fourth-order valence-electron chi connectivity index (χ4n) is 0.885. The van der Waals surface area contributed by atoms with E-state index in [4.69, 9.17) is 0 Å². The van der Waals surface area contributed by atoms with Crippen molar-refractivity contribution in [2.24, 2.45) is 0 Å². The maximum absolute atomic E-state index is 13.3. The summed E-state index contributed by atoms with van der Waals surface area (Å²) in [5.41, 5.74) is 1.18. The first-order valence-electron chi connectivity index (χ1n) is 3.95. The third kappa shape index (κ3) is 2.87. The van der Waals surface area contributed by atoms with E-state index in [2.05, 4.69) is 6.58 Å². The van der Waals surface area contributed by atoms with Crippen LogP contribution in [-0.2, 0) is 0 Å². The molecule has 0 N–H and O–H groups in total. The van der Waals surface area contributed by atoms with E-state index in [9.17, 15) is 4.39 Å². The SMILES string of the molecule is C=CC(=C/C)/C(F)=C(C)\C=C/C. The zero-order valence-electron chi connectivity index (χ0n) is 7.89. The van der Waals surface area contributed by atoms with Crippen molar-refractivity contribution in [3.63, 3.8) is 0 Å². The second-order valence-corrected chi connectivity index (χ2v) is 2.45. The molecule has 0 bridgehead atoms. The Morgan fingerprint density at radius 2 is 1.92 bits per heavy atom. The Morgan fingerprint density at radius 3 is 2.25 bits per heavy atom. The van der Waals surface area contributed by atoms with Gasteiger partial charge in [-0.05, 0) is 26.3 Å². The summed E-state index contributed by atoms with van der Waals surface area (Å²) in [6, 6.07) is 0. The van der Waals surface area contributed by atoms with Crippen LogP contribution < -0.4 is 0 Å². The molecule has 0 unspecified atom stereocenters. The van der Waals surface area contributed by atoms with Crippen LogP contribution in [0.2, 0.25) is 0 Å². The van der Waals surface area contributed by atoms with Crippen LogP contribution in [0.3, 0.4) is 0 Å². The third-order valence-electron chi connectivity index (χ3n) is 1.55. The highest BCUT2D eigenvalue weighted by Crippen LogP contribution is 2.17. The van der Waals surface area contributed by atoms with Crippen molar-refractivity contribution < 1.29 is 4.39 Å². The minimum Gasteiger partial charge on any atom is -0.206 e. The average Bonchev–Trinajstić information content (AvgIpc) is 2.07. The molecule has 0 aromatic carbocycles. The van der Waals surface area contributed by atoms with Crippen molar-refractivity contribution in [1.82, 2.24) is 0 Å². The molecular weight excluding hydrogens is 151 g/mol. The Balaban J connectivity index is 4.87. The molecule has 0 fully saturated rings. The minimum absolute atomic E-state index is 0.203. The largest absolute Gasteiger partial charge is 0.206 e. The molecule has 12 heavy (non-hydrogen) atoms.